The first-order valence-corrected chi connectivity index (χ1v) is 18.0. The molecule has 0 aromatic carbocycles. The Balaban J connectivity index is 0.0000108. The summed E-state index contributed by atoms with van der Waals surface area (Å²) in [5, 5.41) is 119. The summed E-state index contributed by atoms with van der Waals surface area (Å²) in [6.45, 7) is -3.46. The summed E-state index contributed by atoms with van der Waals surface area (Å²) < 4.78 is 69.7. The van der Waals surface area contributed by atoms with Crippen LogP contribution in [0.15, 0.2) is 4.99 Å². The number of amides is 1. The van der Waals surface area contributed by atoms with Gasteiger partial charge in [-0.05, 0) is 25.8 Å². The number of carboxylic acids is 1. The van der Waals surface area contributed by atoms with E-state index >= 15 is 0 Å². The van der Waals surface area contributed by atoms with Crippen molar-refractivity contribution in [3.05, 3.63) is 0 Å². The molecular weight excluding hydrogens is 801 g/mol. The fourth-order valence-electron chi connectivity index (χ4n) is 6.04. The Labute approximate surface area is 340 Å². The Bertz CT molecular complexity index is 1400. The largest absolute Gasteiger partial charge is 1.00 e. The first-order valence-electron chi connectivity index (χ1n) is 16.6. The molecule has 3 saturated heterocycles. The Kier molecular flexibility index (Phi) is 20.2. The van der Waals surface area contributed by atoms with Crippen molar-refractivity contribution in [2.45, 2.75) is 117 Å². The van der Waals surface area contributed by atoms with Crippen molar-refractivity contribution in [2.24, 2.45) is 10.7 Å². The summed E-state index contributed by atoms with van der Waals surface area (Å²) in [5.74, 6) is -7.27. The number of carbonyl (C=O) groups excluding carboxylic acids is 1. The zero-order valence-electron chi connectivity index (χ0n) is 30.1. The summed E-state index contributed by atoms with van der Waals surface area (Å²) in [6.07, 6.45) is -27.4. The molecule has 3 rings (SSSR count). The van der Waals surface area contributed by atoms with E-state index in [0.717, 1.165) is 6.92 Å². The van der Waals surface area contributed by atoms with Gasteiger partial charge in [0.2, 0.25) is 5.91 Å². The quantitative estimate of drug-likeness (QED) is 0.0189. The first kappa shape index (κ1) is 50.8. The molecule has 56 heavy (non-hydrogen) atoms. The van der Waals surface area contributed by atoms with E-state index in [0.29, 0.717) is 0 Å². The van der Waals surface area contributed by atoms with Gasteiger partial charge in [-0.3, -0.25) is 14.3 Å². The molecule has 320 valence electrons. The molecule has 16 atom stereocenters. The number of nitrogens with two attached hydrogens (primary N) is 1. The number of nitrogens with one attached hydrogen (secondary N) is 1. The maximum absolute atomic E-state index is 12.8. The molecular formula is C28H48N3NaO23S. The average Bonchev–Trinajstić information content (AvgIpc) is 3.12. The average molecular weight is 850 g/mol. The number of aliphatic imine (C=N–C) groups is 1. The van der Waals surface area contributed by atoms with Gasteiger partial charge in [0.25, 0.3) is 5.79 Å². The van der Waals surface area contributed by atoms with Crippen molar-refractivity contribution in [3.63, 3.8) is 0 Å². The van der Waals surface area contributed by atoms with Gasteiger partial charge in [-0.25, -0.2) is 8.98 Å². The van der Waals surface area contributed by atoms with Gasteiger partial charge in [0.1, 0.15) is 73.7 Å². The van der Waals surface area contributed by atoms with Crippen molar-refractivity contribution in [3.8, 4) is 0 Å². The smallest absolute Gasteiger partial charge is 0.862 e. The van der Waals surface area contributed by atoms with Crippen molar-refractivity contribution < 1.29 is 141 Å². The van der Waals surface area contributed by atoms with Gasteiger partial charge in [0, 0.05) is 6.42 Å². The Morgan fingerprint density at radius 2 is 1.66 bits per heavy atom. The number of carbonyl (C=O) groups is 2. The van der Waals surface area contributed by atoms with E-state index in [9.17, 15) is 74.2 Å². The zero-order valence-corrected chi connectivity index (χ0v) is 32.9. The predicted molar refractivity (Wildman–Crippen MR) is 170 cm³/mol. The van der Waals surface area contributed by atoms with Crippen LogP contribution in [0.2, 0.25) is 0 Å². The van der Waals surface area contributed by atoms with Crippen LogP contribution in [0.25, 0.3) is 0 Å². The minimum absolute atomic E-state index is 0. The standard InChI is InChI=1S/C28H49N3O23S.Na/c1-10(35)30-17-22(20(41)14(9-49-55(45,46)47)51-25(17)48-4-2-3-29)52-26-21(42)24(19(40)13(7-33)50-26)54-28(27(43)44)5-11(36)16(31-15(38)8-34)23(53-28)18(39)12(37)6-32;/h11-14,16-26,32-34,36-37,39-42H,2-9,29H2,1H3,(H,30,35)(H,31,38)(H,43,44)(H,45,46,47);/q;+1/p-1/t11-,12+,13+,14+,16+,17+,18+,19-,20+,21+,22+,23+,24-,25+,26-,28-;/m0./s1. The van der Waals surface area contributed by atoms with E-state index in [1.807, 2.05) is 0 Å². The van der Waals surface area contributed by atoms with Crippen molar-refractivity contribution in [2.75, 3.05) is 39.6 Å². The molecule has 0 radical (unpaired) electrons. The van der Waals surface area contributed by atoms with Crippen molar-refractivity contribution >= 4 is 28.2 Å². The minimum Gasteiger partial charge on any atom is -0.862 e. The van der Waals surface area contributed by atoms with Gasteiger partial charge in [-0.15, -0.1) is 0 Å². The summed E-state index contributed by atoms with van der Waals surface area (Å²) in [6, 6.07) is -3.40. The zero-order chi connectivity index (χ0) is 41.4. The third-order valence-corrected chi connectivity index (χ3v) is 9.15. The molecule has 0 unspecified atom stereocenters. The number of aliphatic carboxylic acids is 1. The molecule has 3 heterocycles. The number of rotatable bonds is 19. The molecule has 3 aliphatic rings. The van der Waals surface area contributed by atoms with Crippen LogP contribution in [-0.2, 0) is 52.6 Å². The normalized spacial score (nSPS) is 37.9. The van der Waals surface area contributed by atoms with Crippen molar-refractivity contribution in [1.82, 2.24) is 5.32 Å². The number of aliphatic hydroxyl groups excluding tert-OH is 9. The van der Waals surface area contributed by atoms with Crippen LogP contribution in [0, 0.1) is 0 Å². The Morgan fingerprint density at radius 3 is 2.20 bits per heavy atom. The SMILES string of the molecule is CC([O-])=N[C@H]1[C@H](OCCCN)O[C@H](COS(=O)(=O)O)[C@@H](O)[C@@H]1O[C@@H]1O[C@H](CO)[C@H](O)[C@H](O[C@]2(C(=O)O)C[C@H](O)[C@@H](NC(=O)CO)[C@H]([C@H](O)[C@H](O)CO)O2)[C@H]1O.[Na+]. The molecule has 14 N–H and O–H groups in total. The molecule has 0 spiro atoms. The third-order valence-electron chi connectivity index (χ3n) is 8.71. The second kappa shape index (κ2) is 22.3. The van der Waals surface area contributed by atoms with E-state index in [4.69, 9.17) is 38.7 Å². The van der Waals surface area contributed by atoms with Crippen LogP contribution in [0.4, 0.5) is 0 Å². The fourth-order valence-corrected chi connectivity index (χ4v) is 6.35. The number of ether oxygens (including phenoxy) is 6. The number of aliphatic hydroxyl groups is 9. The second-order valence-corrected chi connectivity index (χ2v) is 13.8. The van der Waals surface area contributed by atoms with E-state index in [2.05, 4.69) is 14.5 Å². The van der Waals surface area contributed by atoms with E-state index in [1.54, 1.807) is 0 Å². The van der Waals surface area contributed by atoms with Gasteiger partial charge in [-0.1, -0.05) is 0 Å². The van der Waals surface area contributed by atoms with E-state index in [-0.39, 0.29) is 49.1 Å². The molecule has 1 amide bonds. The number of nitrogens with zero attached hydrogens (tertiary/aromatic N) is 1. The molecule has 3 fully saturated rings. The molecule has 3 aliphatic heterocycles. The molecule has 26 nitrogen and oxygen atoms in total. The van der Waals surface area contributed by atoms with E-state index < -0.39 is 159 Å². The molecule has 0 aliphatic carbocycles. The van der Waals surface area contributed by atoms with Gasteiger partial charge >= 0.3 is 45.9 Å². The fraction of sp³-hybridized carbons (Fsp3) is 0.893. The van der Waals surface area contributed by atoms with Gasteiger partial charge < -0.3 is 95.6 Å². The summed E-state index contributed by atoms with van der Waals surface area (Å²) in [5.41, 5.74) is 5.50. The summed E-state index contributed by atoms with van der Waals surface area (Å²) in [7, 11) is -5.11. The first-order chi connectivity index (χ1) is 25.7. The van der Waals surface area contributed by atoms with Crippen LogP contribution in [0.3, 0.4) is 0 Å². The van der Waals surface area contributed by atoms with Crippen LogP contribution in [0.5, 0.6) is 0 Å². The van der Waals surface area contributed by atoms with Crippen LogP contribution in [0.1, 0.15) is 19.8 Å². The molecule has 0 aromatic heterocycles. The monoisotopic (exact) mass is 849 g/mol. The summed E-state index contributed by atoms with van der Waals surface area (Å²) >= 11 is 0. The third kappa shape index (κ3) is 12.8. The number of hydrogen-bond donors (Lipinski definition) is 13. The van der Waals surface area contributed by atoms with Crippen molar-refractivity contribution in [1.29, 1.82) is 0 Å². The number of carboxylic acid groups (broad SMARTS) is 1. The van der Waals surface area contributed by atoms with Crippen LogP contribution >= 0.6 is 0 Å². The minimum atomic E-state index is -5.11. The summed E-state index contributed by atoms with van der Waals surface area (Å²) in [4.78, 5) is 28.6. The molecule has 0 saturated carbocycles. The van der Waals surface area contributed by atoms with Gasteiger partial charge in [0.05, 0.1) is 38.6 Å². The van der Waals surface area contributed by atoms with Crippen LogP contribution < -0.4 is 45.7 Å². The Hall–Kier alpha value is -1.36. The molecule has 0 aromatic rings. The topological polar surface area (TPSA) is 429 Å². The molecule has 28 heteroatoms. The Morgan fingerprint density at radius 1 is 1.04 bits per heavy atom. The molecule has 0 bridgehead atoms. The number of hydrogen-bond acceptors (Lipinski definition) is 23. The van der Waals surface area contributed by atoms with Gasteiger partial charge in [0.15, 0.2) is 12.6 Å². The van der Waals surface area contributed by atoms with Crippen LogP contribution in [-0.4, -0.2) is 219 Å². The van der Waals surface area contributed by atoms with E-state index in [1.165, 1.54) is 0 Å². The maximum Gasteiger partial charge on any atom is 1.00 e. The predicted octanol–water partition coefficient (Wildman–Crippen LogP) is -12.3. The van der Waals surface area contributed by atoms with Gasteiger partial charge in [-0.2, -0.15) is 8.42 Å². The maximum atomic E-state index is 12.8. The second-order valence-electron chi connectivity index (χ2n) is 12.7.